The molecule has 0 aliphatic carbocycles. The first-order chi connectivity index (χ1) is 11.5. The van der Waals surface area contributed by atoms with E-state index in [2.05, 4.69) is 61.1 Å². The smallest absolute Gasteiger partial charge is 0.161 e. The highest BCUT2D eigenvalue weighted by Gasteiger charge is 2.30. The number of rotatable bonds is 6. The summed E-state index contributed by atoms with van der Waals surface area (Å²) in [6.07, 6.45) is 0. The number of hydrogen-bond acceptors (Lipinski definition) is 6. The lowest BCUT2D eigenvalue weighted by Crippen LogP contribution is -2.47. The van der Waals surface area contributed by atoms with Crippen LogP contribution in [0, 0.1) is 5.92 Å². The zero-order chi connectivity index (χ0) is 17.2. The Labute approximate surface area is 144 Å². The Morgan fingerprint density at radius 1 is 1.21 bits per heavy atom. The number of hydrogen-bond donors (Lipinski definition) is 3. The highest BCUT2D eigenvalue weighted by Crippen LogP contribution is 2.35. The van der Waals surface area contributed by atoms with Gasteiger partial charge in [0.05, 0.1) is 6.04 Å². The van der Waals surface area contributed by atoms with E-state index in [0.717, 1.165) is 31.1 Å². The Bertz CT molecular complexity index is 562. The lowest BCUT2D eigenvalue weighted by Gasteiger charge is -2.33. The van der Waals surface area contributed by atoms with Crippen LogP contribution >= 0.6 is 0 Å². The summed E-state index contributed by atoms with van der Waals surface area (Å²) in [5.41, 5.74) is 8.09. The van der Waals surface area contributed by atoms with Crippen LogP contribution in [0.1, 0.15) is 25.5 Å². The monoisotopic (exact) mass is 334 g/mol. The summed E-state index contributed by atoms with van der Waals surface area (Å²) >= 11 is 0. The average Bonchev–Trinajstić information content (AvgIpc) is 3.02. The molecule has 0 bridgehead atoms. The minimum absolute atomic E-state index is 0.145. The molecule has 6 nitrogen and oxygen atoms in total. The fourth-order valence-electron chi connectivity index (χ4n) is 3.06. The van der Waals surface area contributed by atoms with Crippen molar-refractivity contribution >= 4 is 0 Å². The average molecular weight is 334 g/mol. The van der Waals surface area contributed by atoms with E-state index in [0.29, 0.717) is 19.1 Å². The van der Waals surface area contributed by atoms with E-state index in [4.69, 9.17) is 9.47 Å². The summed E-state index contributed by atoms with van der Waals surface area (Å²) in [6.45, 7) is 8.64. The van der Waals surface area contributed by atoms with Crippen LogP contribution in [0.5, 0.6) is 11.5 Å². The van der Waals surface area contributed by atoms with Gasteiger partial charge in [0, 0.05) is 31.1 Å². The van der Waals surface area contributed by atoms with E-state index in [1.165, 1.54) is 5.56 Å². The van der Waals surface area contributed by atoms with Crippen LogP contribution < -0.4 is 25.6 Å². The van der Waals surface area contributed by atoms with Gasteiger partial charge in [0.15, 0.2) is 11.5 Å². The molecule has 1 aromatic carbocycles. The van der Waals surface area contributed by atoms with Crippen LogP contribution in [0.25, 0.3) is 0 Å². The van der Waals surface area contributed by atoms with E-state index >= 15 is 0 Å². The van der Waals surface area contributed by atoms with Crippen molar-refractivity contribution in [2.24, 2.45) is 5.92 Å². The van der Waals surface area contributed by atoms with Crippen molar-refractivity contribution in [1.82, 2.24) is 21.1 Å². The molecule has 24 heavy (non-hydrogen) atoms. The molecule has 2 unspecified atom stereocenters. The van der Waals surface area contributed by atoms with Crippen molar-refractivity contribution in [2.45, 2.75) is 25.4 Å². The largest absolute Gasteiger partial charge is 0.486 e. The standard InChI is InChI=1S/C18H30N4O2/c1-18(2,22(3)4)12-19-10-14-11-20-21-17(14)13-5-6-15-16(9-13)24-8-7-23-15/h5-6,9,14,17,19-21H,7-8,10-12H2,1-4H3. The van der Waals surface area contributed by atoms with Gasteiger partial charge in [-0.3, -0.25) is 5.43 Å². The molecule has 0 spiro atoms. The topological polar surface area (TPSA) is 57.8 Å². The third-order valence-corrected chi connectivity index (χ3v) is 5.19. The lowest BCUT2D eigenvalue weighted by molar-refractivity contribution is 0.171. The number of nitrogens with zero attached hydrogens (tertiary/aromatic N) is 1. The zero-order valence-corrected chi connectivity index (χ0v) is 15.2. The predicted octanol–water partition coefficient (Wildman–Crippen LogP) is 1.15. The predicted molar refractivity (Wildman–Crippen MR) is 95.4 cm³/mol. The molecule has 134 valence electrons. The van der Waals surface area contributed by atoms with Crippen LogP contribution in [0.3, 0.4) is 0 Å². The quantitative estimate of drug-likeness (QED) is 0.726. The van der Waals surface area contributed by atoms with Gasteiger partial charge in [0.25, 0.3) is 0 Å². The molecule has 0 amide bonds. The van der Waals surface area contributed by atoms with Crippen molar-refractivity contribution in [3.63, 3.8) is 0 Å². The second kappa shape index (κ2) is 7.27. The molecule has 6 heteroatoms. The van der Waals surface area contributed by atoms with Gasteiger partial charge in [0.1, 0.15) is 13.2 Å². The Morgan fingerprint density at radius 2 is 1.96 bits per heavy atom. The number of ether oxygens (including phenoxy) is 2. The molecular formula is C18H30N4O2. The van der Waals surface area contributed by atoms with Gasteiger partial charge in [-0.1, -0.05) is 6.07 Å². The molecule has 2 heterocycles. The number of fused-ring (bicyclic) bond motifs is 1. The highest BCUT2D eigenvalue weighted by molar-refractivity contribution is 5.45. The summed E-state index contributed by atoms with van der Waals surface area (Å²) in [5, 5.41) is 3.63. The molecule has 1 saturated heterocycles. The van der Waals surface area contributed by atoms with Crippen molar-refractivity contribution in [3.05, 3.63) is 23.8 Å². The second-order valence-electron chi connectivity index (χ2n) is 7.50. The van der Waals surface area contributed by atoms with E-state index < -0.39 is 0 Å². The summed E-state index contributed by atoms with van der Waals surface area (Å²) in [4.78, 5) is 2.25. The van der Waals surface area contributed by atoms with Gasteiger partial charge in [-0.2, -0.15) is 0 Å². The van der Waals surface area contributed by atoms with Crippen molar-refractivity contribution < 1.29 is 9.47 Å². The van der Waals surface area contributed by atoms with Crippen LogP contribution in [-0.4, -0.2) is 57.4 Å². The van der Waals surface area contributed by atoms with Gasteiger partial charge < -0.3 is 19.7 Å². The number of likely N-dealkylation sites (N-methyl/N-ethyl adjacent to an activating group) is 1. The number of hydrazine groups is 1. The zero-order valence-electron chi connectivity index (χ0n) is 15.2. The van der Waals surface area contributed by atoms with Gasteiger partial charge >= 0.3 is 0 Å². The molecule has 0 radical (unpaired) electrons. The first kappa shape index (κ1) is 17.5. The molecule has 2 aliphatic heterocycles. The van der Waals surface area contributed by atoms with E-state index in [9.17, 15) is 0 Å². The summed E-state index contributed by atoms with van der Waals surface area (Å²) < 4.78 is 11.3. The van der Waals surface area contributed by atoms with Crippen molar-refractivity contribution in [1.29, 1.82) is 0 Å². The SMILES string of the molecule is CN(C)C(C)(C)CNCC1CNNC1c1ccc2c(c1)OCCO2. The normalized spacial score (nSPS) is 23.7. The van der Waals surface area contributed by atoms with Gasteiger partial charge in [-0.15, -0.1) is 0 Å². The molecule has 1 aromatic rings. The lowest BCUT2D eigenvalue weighted by atomic mass is 9.94. The first-order valence-electron chi connectivity index (χ1n) is 8.73. The van der Waals surface area contributed by atoms with Gasteiger partial charge in [0.2, 0.25) is 0 Å². The molecule has 3 rings (SSSR count). The van der Waals surface area contributed by atoms with E-state index in [1.54, 1.807) is 0 Å². The molecule has 0 aromatic heterocycles. The number of benzene rings is 1. The second-order valence-corrected chi connectivity index (χ2v) is 7.50. The fourth-order valence-corrected chi connectivity index (χ4v) is 3.06. The Balaban J connectivity index is 1.61. The summed E-state index contributed by atoms with van der Waals surface area (Å²) in [6, 6.07) is 6.53. The Morgan fingerprint density at radius 3 is 2.71 bits per heavy atom. The van der Waals surface area contributed by atoms with Gasteiger partial charge in [-0.25, -0.2) is 5.43 Å². The highest BCUT2D eigenvalue weighted by atomic mass is 16.6. The van der Waals surface area contributed by atoms with Gasteiger partial charge in [-0.05, 0) is 45.6 Å². The van der Waals surface area contributed by atoms with Crippen LogP contribution in [0.4, 0.5) is 0 Å². The fraction of sp³-hybridized carbons (Fsp3) is 0.667. The van der Waals surface area contributed by atoms with E-state index in [1.807, 2.05) is 6.07 Å². The first-order valence-corrected chi connectivity index (χ1v) is 8.73. The Kier molecular flexibility index (Phi) is 5.30. The summed E-state index contributed by atoms with van der Waals surface area (Å²) in [7, 11) is 4.25. The Hall–Kier alpha value is -1.34. The van der Waals surface area contributed by atoms with Crippen LogP contribution in [0.2, 0.25) is 0 Å². The third kappa shape index (κ3) is 3.83. The maximum Gasteiger partial charge on any atom is 0.161 e. The molecule has 3 N–H and O–H groups in total. The van der Waals surface area contributed by atoms with E-state index in [-0.39, 0.29) is 11.6 Å². The van der Waals surface area contributed by atoms with Crippen LogP contribution in [-0.2, 0) is 0 Å². The molecule has 2 atom stereocenters. The molecule has 1 fully saturated rings. The van der Waals surface area contributed by atoms with Crippen molar-refractivity contribution in [3.8, 4) is 11.5 Å². The number of nitrogens with one attached hydrogen (secondary N) is 3. The maximum absolute atomic E-state index is 5.72. The maximum atomic E-state index is 5.72. The summed E-state index contributed by atoms with van der Waals surface area (Å²) in [5.74, 6) is 2.19. The van der Waals surface area contributed by atoms with Crippen LogP contribution in [0.15, 0.2) is 18.2 Å². The molecule has 2 aliphatic rings. The third-order valence-electron chi connectivity index (χ3n) is 5.19. The molecule has 0 saturated carbocycles. The van der Waals surface area contributed by atoms with Crippen molar-refractivity contribution in [2.75, 3.05) is 46.9 Å². The molecular weight excluding hydrogens is 304 g/mol. The minimum Gasteiger partial charge on any atom is -0.486 e. The minimum atomic E-state index is 0.145.